The molecule has 2 nitrogen and oxygen atoms in total. The SMILES string of the molecule is Cc1c(CCl)cccc1-c1cccc2nc(C#N)ccc12. The lowest BCUT2D eigenvalue weighted by Crippen LogP contribution is -1.92. The molecule has 0 unspecified atom stereocenters. The second-order valence-electron chi connectivity index (χ2n) is 4.90. The zero-order chi connectivity index (χ0) is 14.8. The largest absolute Gasteiger partial charge is 0.237 e. The van der Waals surface area contributed by atoms with Crippen molar-refractivity contribution in [2.75, 3.05) is 0 Å². The second-order valence-corrected chi connectivity index (χ2v) is 5.17. The van der Waals surface area contributed by atoms with Gasteiger partial charge in [-0.2, -0.15) is 5.26 Å². The molecule has 3 rings (SSSR count). The van der Waals surface area contributed by atoms with Crippen molar-refractivity contribution in [3.05, 3.63) is 65.4 Å². The fraction of sp³-hybridized carbons (Fsp3) is 0.111. The quantitative estimate of drug-likeness (QED) is 0.635. The summed E-state index contributed by atoms with van der Waals surface area (Å²) >= 11 is 6.00. The highest BCUT2D eigenvalue weighted by Gasteiger charge is 2.09. The van der Waals surface area contributed by atoms with Gasteiger partial charge in [0.1, 0.15) is 11.8 Å². The Morgan fingerprint density at radius 3 is 2.57 bits per heavy atom. The van der Waals surface area contributed by atoms with E-state index >= 15 is 0 Å². The first-order valence-corrected chi connectivity index (χ1v) is 7.22. The summed E-state index contributed by atoms with van der Waals surface area (Å²) in [4.78, 5) is 4.36. The number of hydrogen-bond acceptors (Lipinski definition) is 2. The smallest absolute Gasteiger partial charge is 0.141 e. The highest BCUT2D eigenvalue weighted by molar-refractivity contribution is 6.17. The summed E-state index contributed by atoms with van der Waals surface area (Å²) in [6, 6.07) is 17.9. The highest BCUT2D eigenvalue weighted by atomic mass is 35.5. The van der Waals surface area contributed by atoms with E-state index in [1.54, 1.807) is 6.07 Å². The molecule has 3 aromatic rings. The van der Waals surface area contributed by atoms with Crippen LogP contribution in [0.15, 0.2) is 48.5 Å². The van der Waals surface area contributed by atoms with Crippen molar-refractivity contribution in [3.8, 4) is 17.2 Å². The Bertz CT molecular complexity index is 863. The average molecular weight is 293 g/mol. The van der Waals surface area contributed by atoms with E-state index in [9.17, 15) is 0 Å². The van der Waals surface area contributed by atoms with Crippen LogP contribution in [0.5, 0.6) is 0 Å². The van der Waals surface area contributed by atoms with Gasteiger partial charge in [-0.3, -0.25) is 0 Å². The molecule has 0 aliphatic carbocycles. The van der Waals surface area contributed by atoms with E-state index < -0.39 is 0 Å². The van der Waals surface area contributed by atoms with Crippen molar-refractivity contribution in [2.45, 2.75) is 12.8 Å². The molecule has 2 aromatic carbocycles. The van der Waals surface area contributed by atoms with Crippen molar-refractivity contribution in [3.63, 3.8) is 0 Å². The lowest BCUT2D eigenvalue weighted by molar-refractivity contribution is 1.30. The number of benzene rings is 2. The maximum atomic E-state index is 8.97. The maximum Gasteiger partial charge on any atom is 0.141 e. The molecule has 0 N–H and O–H groups in total. The van der Waals surface area contributed by atoms with Crippen LogP contribution in [-0.4, -0.2) is 4.98 Å². The van der Waals surface area contributed by atoms with Gasteiger partial charge in [-0.05, 0) is 47.4 Å². The molecule has 1 heterocycles. The normalized spacial score (nSPS) is 10.5. The Morgan fingerprint density at radius 2 is 1.81 bits per heavy atom. The zero-order valence-corrected chi connectivity index (χ0v) is 12.4. The highest BCUT2D eigenvalue weighted by Crippen LogP contribution is 2.32. The van der Waals surface area contributed by atoms with Crippen molar-refractivity contribution >= 4 is 22.5 Å². The lowest BCUT2D eigenvalue weighted by Gasteiger charge is -2.12. The molecule has 0 radical (unpaired) electrons. The molecule has 0 amide bonds. The van der Waals surface area contributed by atoms with Crippen LogP contribution < -0.4 is 0 Å². The number of halogens is 1. The first kappa shape index (κ1) is 13.6. The summed E-state index contributed by atoms with van der Waals surface area (Å²) in [7, 11) is 0. The molecule has 0 saturated heterocycles. The average Bonchev–Trinajstić information content (AvgIpc) is 2.54. The monoisotopic (exact) mass is 292 g/mol. The van der Waals surface area contributed by atoms with Crippen LogP contribution in [0.25, 0.3) is 22.0 Å². The van der Waals surface area contributed by atoms with E-state index in [0.717, 1.165) is 27.6 Å². The van der Waals surface area contributed by atoms with Gasteiger partial charge in [-0.1, -0.05) is 30.3 Å². The van der Waals surface area contributed by atoms with Crippen LogP contribution in [0, 0.1) is 18.3 Å². The van der Waals surface area contributed by atoms with Gasteiger partial charge in [0.05, 0.1) is 5.52 Å². The van der Waals surface area contributed by atoms with Gasteiger partial charge in [0.2, 0.25) is 0 Å². The van der Waals surface area contributed by atoms with Crippen LogP contribution in [0.2, 0.25) is 0 Å². The molecule has 21 heavy (non-hydrogen) atoms. The van der Waals surface area contributed by atoms with Crippen LogP contribution in [-0.2, 0) is 5.88 Å². The standard InChI is InChI=1S/C18H13ClN2/c1-12-13(10-19)4-2-5-15(12)16-6-3-7-18-17(16)9-8-14(11-20)21-18/h2-9H,10H2,1H3. The molecule has 0 saturated carbocycles. The van der Waals surface area contributed by atoms with E-state index in [1.807, 2.05) is 30.3 Å². The summed E-state index contributed by atoms with van der Waals surface area (Å²) in [5.74, 6) is 0.501. The Labute approximate surface area is 128 Å². The number of fused-ring (bicyclic) bond motifs is 1. The molecular weight excluding hydrogens is 280 g/mol. The molecule has 102 valence electrons. The van der Waals surface area contributed by atoms with Gasteiger partial charge in [0.25, 0.3) is 0 Å². The third-order valence-corrected chi connectivity index (χ3v) is 4.01. The second kappa shape index (κ2) is 5.55. The molecule has 0 spiro atoms. The molecular formula is C18H13ClN2. The summed E-state index contributed by atoms with van der Waals surface area (Å²) in [6.07, 6.45) is 0. The number of pyridine rings is 1. The van der Waals surface area contributed by atoms with Crippen molar-refractivity contribution in [1.29, 1.82) is 5.26 Å². The molecule has 0 aliphatic rings. The summed E-state index contributed by atoms with van der Waals surface area (Å²) in [5, 5.41) is 10.0. The molecule has 0 aliphatic heterocycles. The van der Waals surface area contributed by atoms with Gasteiger partial charge in [0, 0.05) is 11.3 Å². The summed E-state index contributed by atoms with van der Waals surface area (Å²) in [6.45, 7) is 2.09. The lowest BCUT2D eigenvalue weighted by atomic mass is 9.94. The predicted octanol–water partition coefficient (Wildman–Crippen LogP) is 4.82. The topological polar surface area (TPSA) is 36.7 Å². The van der Waals surface area contributed by atoms with Gasteiger partial charge in [-0.25, -0.2) is 4.98 Å². The van der Waals surface area contributed by atoms with E-state index in [1.165, 1.54) is 5.56 Å². The van der Waals surface area contributed by atoms with Gasteiger partial charge in [0.15, 0.2) is 0 Å². The molecule has 3 heteroatoms. The third-order valence-electron chi connectivity index (χ3n) is 3.73. The summed E-state index contributed by atoms with van der Waals surface area (Å²) in [5.41, 5.74) is 5.87. The first-order valence-electron chi connectivity index (χ1n) is 6.69. The Hall–Kier alpha value is -2.37. The van der Waals surface area contributed by atoms with Crippen molar-refractivity contribution < 1.29 is 0 Å². The number of alkyl halides is 1. The minimum atomic E-state index is 0.436. The Kier molecular flexibility index (Phi) is 3.60. The number of hydrogen-bond donors (Lipinski definition) is 0. The Morgan fingerprint density at radius 1 is 1.05 bits per heavy atom. The molecule has 1 aromatic heterocycles. The fourth-order valence-electron chi connectivity index (χ4n) is 2.57. The number of nitriles is 1. The number of rotatable bonds is 2. The van der Waals surface area contributed by atoms with Crippen molar-refractivity contribution in [1.82, 2.24) is 4.98 Å². The fourth-order valence-corrected chi connectivity index (χ4v) is 2.86. The van der Waals surface area contributed by atoms with E-state index in [-0.39, 0.29) is 0 Å². The molecule has 0 atom stereocenters. The van der Waals surface area contributed by atoms with Gasteiger partial charge >= 0.3 is 0 Å². The first-order chi connectivity index (χ1) is 10.2. The van der Waals surface area contributed by atoms with Crippen LogP contribution in [0.4, 0.5) is 0 Å². The van der Waals surface area contributed by atoms with Crippen LogP contribution >= 0.6 is 11.6 Å². The van der Waals surface area contributed by atoms with Crippen LogP contribution in [0.3, 0.4) is 0 Å². The Balaban J connectivity index is 2.29. The minimum Gasteiger partial charge on any atom is -0.237 e. The van der Waals surface area contributed by atoms with E-state index in [2.05, 4.69) is 30.1 Å². The summed E-state index contributed by atoms with van der Waals surface area (Å²) < 4.78 is 0. The maximum absolute atomic E-state index is 8.97. The van der Waals surface area contributed by atoms with E-state index in [4.69, 9.17) is 16.9 Å². The predicted molar refractivity (Wildman–Crippen MR) is 86.2 cm³/mol. The third kappa shape index (κ3) is 2.37. The van der Waals surface area contributed by atoms with Crippen LogP contribution in [0.1, 0.15) is 16.8 Å². The number of nitrogens with zero attached hydrogens (tertiary/aromatic N) is 2. The van der Waals surface area contributed by atoms with Crippen molar-refractivity contribution in [2.24, 2.45) is 0 Å². The molecule has 0 bridgehead atoms. The van der Waals surface area contributed by atoms with E-state index in [0.29, 0.717) is 11.6 Å². The van der Waals surface area contributed by atoms with Gasteiger partial charge < -0.3 is 0 Å². The van der Waals surface area contributed by atoms with Gasteiger partial charge in [-0.15, -0.1) is 11.6 Å². The minimum absolute atomic E-state index is 0.436. The molecule has 0 fully saturated rings. The zero-order valence-electron chi connectivity index (χ0n) is 11.6. The number of aromatic nitrogens is 1.